The monoisotopic (exact) mass is 434 g/mol. The zero-order valence-electron chi connectivity index (χ0n) is 16.3. The predicted octanol–water partition coefficient (Wildman–Crippen LogP) is 3.28. The lowest BCUT2D eigenvalue weighted by Gasteiger charge is -2.23. The maximum Gasteiger partial charge on any atom is 0.240 e. The minimum absolute atomic E-state index is 0.104. The van der Waals surface area contributed by atoms with Crippen LogP contribution in [0.2, 0.25) is 0 Å². The molecule has 0 radical (unpaired) electrons. The minimum atomic E-state index is -3.62. The number of thiocarbonyl (C=S) groups is 1. The quantitative estimate of drug-likeness (QED) is 0.352. The molecule has 0 spiro atoms. The van der Waals surface area contributed by atoms with Crippen LogP contribution < -0.4 is 15.5 Å². The summed E-state index contributed by atoms with van der Waals surface area (Å²) in [4.78, 5) is 0.183. The van der Waals surface area contributed by atoms with Crippen molar-refractivity contribution in [1.29, 1.82) is 0 Å². The van der Waals surface area contributed by atoms with E-state index in [1.165, 1.54) is 25.5 Å². The van der Waals surface area contributed by atoms with E-state index in [0.29, 0.717) is 22.6 Å². The van der Waals surface area contributed by atoms with E-state index in [1.807, 2.05) is 6.92 Å². The van der Waals surface area contributed by atoms with Crippen LogP contribution in [-0.2, 0) is 16.6 Å². The van der Waals surface area contributed by atoms with E-state index in [2.05, 4.69) is 20.6 Å². The fourth-order valence-corrected chi connectivity index (χ4v) is 4.41. The first-order chi connectivity index (χ1) is 13.9. The fraction of sp³-hybridized carbons (Fsp3) is 0.400. The number of hydrogen-bond donors (Lipinski definition) is 3. The van der Waals surface area contributed by atoms with Gasteiger partial charge >= 0.3 is 0 Å². The highest BCUT2D eigenvalue weighted by Crippen LogP contribution is 2.17. The van der Waals surface area contributed by atoms with Crippen LogP contribution in [0.15, 0.2) is 57.1 Å². The lowest BCUT2D eigenvalue weighted by atomic mass is 9.96. The molecule has 1 aliphatic rings. The number of hydrogen-bond acceptors (Lipinski definition) is 5. The van der Waals surface area contributed by atoms with Gasteiger partial charge in [0.25, 0.3) is 0 Å². The first kappa shape index (κ1) is 21.5. The number of benzene rings is 1. The molecule has 9 heteroatoms. The Kier molecular flexibility index (Phi) is 7.40. The minimum Gasteiger partial charge on any atom is -0.468 e. The van der Waals surface area contributed by atoms with E-state index in [4.69, 9.17) is 16.6 Å². The molecule has 0 unspecified atom stereocenters. The van der Waals surface area contributed by atoms with Gasteiger partial charge in [0.2, 0.25) is 10.0 Å². The summed E-state index contributed by atoms with van der Waals surface area (Å²) in [6.45, 7) is 1.95. The van der Waals surface area contributed by atoms with E-state index < -0.39 is 10.0 Å². The van der Waals surface area contributed by atoms with Gasteiger partial charge in [-0.25, -0.2) is 13.1 Å². The van der Waals surface area contributed by atoms with Crippen molar-refractivity contribution in [3.63, 3.8) is 0 Å². The van der Waals surface area contributed by atoms with Crippen molar-refractivity contribution in [3.05, 3.63) is 54.0 Å². The van der Waals surface area contributed by atoms with Crippen molar-refractivity contribution in [2.75, 3.05) is 0 Å². The molecule has 0 bridgehead atoms. The van der Waals surface area contributed by atoms with Gasteiger partial charge in [-0.15, -0.1) is 0 Å². The standard InChI is InChI=1S/C20H26N4O3S2/c1-15(23-24-20(28)22-17-6-3-2-4-7-17)16-9-11-19(12-10-16)29(25,26)21-14-18-8-5-13-27-18/h5,8-13,17,21H,2-4,6-7,14H2,1H3,(H2,22,24,28)/b23-15+. The Morgan fingerprint density at radius 2 is 1.90 bits per heavy atom. The van der Waals surface area contributed by atoms with E-state index in [1.54, 1.807) is 36.4 Å². The predicted molar refractivity (Wildman–Crippen MR) is 117 cm³/mol. The van der Waals surface area contributed by atoms with Gasteiger partial charge in [-0.2, -0.15) is 5.10 Å². The molecule has 1 aromatic heterocycles. The van der Waals surface area contributed by atoms with Crippen LogP contribution in [0, 0.1) is 0 Å². The molecule has 3 rings (SSSR count). The summed E-state index contributed by atoms with van der Waals surface area (Å²) in [7, 11) is -3.62. The van der Waals surface area contributed by atoms with Gasteiger partial charge < -0.3 is 9.73 Å². The Bertz CT molecular complexity index is 933. The largest absolute Gasteiger partial charge is 0.468 e. The second-order valence-electron chi connectivity index (χ2n) is 7.05. The smallest absolute Gasteiger partial charge is 0.240 e. The van der Waals surface area contributed by atoms with Crippen LogP contribution in [0.3, 0.4) is 0 Å². The molecule has 0 amide bonds. The number of sulfonamides is 1. The number of rotatable bonds is 7. The highest BCUT2D eigenvalue weighted by Gasteiger charge is 2.15. The molecule has 29 heavy (non-hydrogen) atoms. The van der Waals surface area contributed by atoms with Crippen LogP contribution in [0.5, 0.6) is 0 Å². The summed E-state index contributed by atoms with van der Waals surface area (Å²) in [6, 6.07) is 10.4. The van der Waals surface area contributed by atoms with Gasteiger partial charge in [-0.05, 0) is 61.8 Å². The molecule has 0 saturated heterocycles. The van der Waals surface area contributed by atoms with Gasteiger partial charge in [-0.3, -0.25) is 5.43 Å². The summed E-state index contributed by atoms with van der Waals surface area (Å²) < 4.78 is 32.4. The fourth-order valence-electron chi connectivity index (χ4n) is 3.20. The second-order valence-corrected chi connectivity index (χ2v) is 9.22. The van der Waals surface area contributed by atoms with Gasteiger partial charge in [0.1, 0.15) is 5.76 Å². The Hall–Kier alpha value is -2.23. The van der Waals surface area contributed by atoms with Crippen LogP contribution >= 0.6 is 12.2 Å². The molecule has 2 aromatic rings. The van der Waals surface area contributed by atoms with E-state index in [0.717, 1.165) is 18.4 Å². The Balaban J connectivity index is 1.55. The third-order valence-electron chi connectivity index (χ3n) is 4.86. The number of nitrogens with zero attached hydrogens (tertiary/aromatic N) is 1. The van der Waals surface area contributed by atoms with Crippen molar-refractivity contribution < 1.29 is 12.8 Å². The van der Waals surface area contributed by atoms with E-state index in [9.17, 15) is 8.42 Å². The molecule has 0 aliphatic heterocycles. The Morgan fingerprint density at radius 1 is 1.17 bits per heavy atom. The average Bonchev–Trinajstić information content (AvgIpc) is 3.25. The Labute approximate surface area is 177 Å². The molecule has 1 aliphatic carbocycles. The normalized spacial score (nSPS) is 15.8. The van der Waals surface area contributed by atoms with Crippen molar-refractivity contribution in [2.24, 2.45) is 5.10 Å². The molecule has 156 valence electrons. The van der Waals surface area contributed by atoms with Gasteiger partial charge in [0, 0.05) is 6.04 Å². The molecule has 0 atom stereocenters. The third-order valence-corrected chi connectivity index (χ3v) is 6.49. The number of furan rings is 1. The summed E-state index contributed by atoms with van der Waals surface area (Å²) in [5.41, 5.74) is 4.40. The summed E-state index contributed by atoms with van der Waals surface area (Å²) in [5.74, 6) is 0.553. The maximum atomic E-state index is 12.4. The van der Waals surface area contributed by atoms with Crippen LogP contribution in [0.4, 0.5) is 0 Å². The Morgan fingerprint density at radius 3 is 2.55 bits per heavy atom. The summed E-state index contributed by atoms with van der Waals surface area (Å²) in [5, 5.41) is 8.12. The van der Waals surface area contributed by atoms with E-state index in [-0.39, 0.29) is 11.4 Å². The molecular weight excluding hydrogens is 408 g/mol. The van der Waals surface area contributed by atoms with Gasteiger partial charge in [-0.1, -0.05) is 31.4 Å². The summed E-state index contributed by atoms with van der Waals surface area (Å²) in [6.07, 6.45) is 7.52. The molecule has 7 nitrogen and oxygen atoms in total. The maximum absolute atomic E-state index is 12.4. The highest BCUT2D eigenvalue weighted by atomic mass is 32.2. The van der Waals surface area contributed by atoms with Crippen LogP contribution in [0.25, 0.3) is 0 Å². The zero-order valence-corrected chi connectivity index (χ0v) is 18.0. The highest BCUT2D eigenvalue weighted by molar-refractivity contribution is 7.89. The van der Waals surface area contributed by atoms with Crippen molar-refractivity contribution in [1.82, 2.24) is 15.5 Å². The summed E-state index contributed by atoms with van der Waals surface area (Å²) >= 11 is 5.31. The van der Waals surface area contributed by atoms with Crippen molar-refractivity contribution >= 4 is 33.1 Å². The second kappa shape index (κ2) is 10.00. The molecule has 1 heterocycles. The SMILES string of the molecule is C/C(=N\NC(=S)NC1CCCCC1)c1ccc(S(=O)(=O)NCc2ccco2)cc1. The topological polar surface area (TPSA) is 95.7 Å². The molecule has 1 aromatic carbocycles. The molecule has 3 N–H and O–H groups in total. The first-order valence-corrected chi connectivity index (χ1v) is 11.6. The number of nitrogens with one attached hydrogen (secondary N) is 3. The lowest BCUT2D eigenvalue weighted by Crippen LogP contribution is -2.41. The van der Waals surface area contributed by atoms with Gasteiger partial charge in [0.05, 0.1) is 23.4 Å². The van der Waals surface area contributed by atoms with Gasteiger partial charge in [0.15, 0.2) is 5.11 Å². The van der Waals surface area contributed by atoms with Crippen LogP contribution in [0.1, 0.15) is 50.4 Å². The van der Waals surface area contributed by atoms with Crippen LogP contribution in [-0.4, -0.2) is 25.3 Å². The number of hydrazone groups is 1. The lowest BCUT2D eigenvalue weighted by molar-refractivity contribution is 0.412. The zero-order chi connectivity index (χ0) is 20.7. The molecule has 1 fully saturated rings. The van der Waals surface area contributed by atoms with Crippen molar-refractivity contribution in [2.45, 2.75) is 56.5 Å². The first-order valence-electron chi connectivity index (χ1n) is 9.67. The van der Waals surface area contributed by atoms with E-state index >= 15 is 0 Å². The molecule has 1 saturated carbocycles. The average molecular weight is 435 g/mol. The van der Waals surface area contributed by atoms with Crippen molar-refractivity contribution in [3.8, 4) is 0 Å². The molecular formula is C20H26N4O3S2. The third kappa shape index (κ3) is 6.38.